The second-order valence-electron chi connectivity index (χ2n) is 8.92. The fourth-order valence-electron chi connectivity index (χ4n) is 4.65. The summed E-state index contributed by atoms with van der Waals surface area (Å²) in [6, 6.07) is 17.2. The number of nitrogens with one attached hydrogen (secondary N) is 1. The fourth-order valence-corrected chi connectivity index (χ4v) is 4.65. The van der Waals surface area contributed by atoms with Crippen molar-refractivity contribution in [1.29, 1.82) is 0 Å². The molecular weight excluding hydrogens is 458 g/mol. The van der Waals surface area contributed by atoms with Gasteiger partial charge >= 0.3 is 6.09 Å². The number of ether oxygens (including phenoxy) is 1. The van der Waals surface area contributed by atoms with Crippen LogP contribution in [0.25, 0.3) is 11.4 Å². The monoisotopic (exact) mass is 487 g/mol. The third-order valence-corrected chi connectivity index (χ3v) is 6.56. The van der Waals surface area contributed by atoms with Crippen LogP contribution in [-0.4, -0.2) is 71.4 Å². The quantitative estimate of drug-likeness (QED) is 0.550. The Morgan fingerprint density at radius 2 is 1.72 bits per heavy atom. The topological polar surface area (TPSA) is 108 Å². The first-order chi connectivity index (χ1) is 17.6. The largest absolute Gasteiger partial charge is 0.465 e. The van der Waals surface area contributed by atoms with E-state index in [1.54, 1.807) is 0 Å². The molecule has 3 heterocycles. The number of carboxylic acid groups (broad SMARTS) is 1. The van der Waals surface area contributed by atoms with Gasteiger partial charge < -0.3 is 25.0 Å². The molecule has 2 N–H and O–H groups in total. The maximum absolute atomic E-state index is 13.1. The van der Waals surface area contributed by atoms with Crippen LogP contribution in [0.5, 0.6) is 0 Å². The molecule has 1 saturated heterocycles. The summed E-state index contributed by atoms with van der Waals surface area (Å²) in [5.41, 5.74) is 4.57. The summed E-state index contributed by atoms with van der Waals surface area (Å²) in [5.74, 6) is 1.56. The molecule has 9 nitrogen and oxygen atoms in total. The lowest BCUT2D eigenvalue weighted by atomic mass is 10.0. The molecule has 5 rings (SSSR count). The number of rotatable bonds is 6. The minimum Gasteiger partial charge on any atom is -0.465 e. The summed E-state index contributed by atoms with van der Waals surface area (Å²) >= 11 is 0. The minimum absolute atomic E-state index is 0.00802. The number of carbonyl (C=O) groups is 2. The average molecular weight is 488 g/mol. The van der Waals surface area contributed by atoms with E-state index in [2.05, 4.69) is 10.2 Å². The van der Waals surface area contributed by atoms with Gasteiger partial charge in [0, 0.05) is 42.9 Å². The highest BCUT2D eigenvalue weighted by Crippen LogP contribution is 2.30. The lowest BCUT2D eigenvalue weighted by Gasteiger charge is -2.34. The van der Waals surface area contributed by atoms with E-state index in [-0.39, 0.29) is 5.91 Å². The molecule has 0 atom stereocenters. The molecule has 0 saturated carbocycles. The summed E-state index contributed by atoms with van der Waals surface area (Å²) in [6.07, 6.45) is 0.286. The van der Waals surface area contributed by atoms with Crippen LogP contribution < -0.4 is 10.2 Å². The molecule has 2 aliphatic heterocycles. The number of carbonyl (C=O) groups excluding carboxylic acids is 1. The van der Waals surface area contributed by atoms with E-state index in [0.717, 1.165) is 41.3 Å². The van der Waals surface area contributed by atoms with E-state index in [1.807, 2.05) is 59.5 Å². The molecule has 9 heteroatoms. The van der Waals surface area contributed by atoms with Crippen molar-refractivity contribution >= 4 is 17.8 Å². The molecule has 2 aromatic carbocycles. The molecule has 0 unspecified atom stereocenters. The molecule has 0 spiro atoms. The predicted octanol–water partition coefficient (Wildman–Crippen LogP) is 2.99. The highest BCUT2D eigenvalue weighted by atomic mass is 16.5. The van der Waals surface area contributed by atoms with Crippen LogP contribution in [-0.2, 0) is 24.1 Å². The molecule has 186 valence electrons. The number of morpholine rings is 1. The normalized spacial score (nSPS) is 15.3. The Balaban J connectivity index is 1.44. The van der Waals surface area contributed by atoms with Crippen molar-refractivity contribution in [2.75, 3.05) is 44.3 Å². The third-order valence-electron chi connectivity index (χ3n) is 6.56. The van der Waals surface area contributed by atoms with Gasteiger partial charge in [0.15, 0.2) is 5.82 Å². The first kappa shape index (κ1) is 23.7. The van der Waals surface area contributed by atoms with E-state index < -0.39 is 6.09 Å². The summed E-state index contributed by atoms with van der Waals surface area (Å²) < 4.78 is 5.56. The van der Waals surface area contributed by atoms with Crippen LogP contribution in [0, 0.1) is 0 Å². The van der Waals surface area contributed by atoms with E-state index in [0.29, 0.717) is 57.1 Å². The number of nitrogens with zero attached hydrogens (tertiary/aromatic N) is 4. The van der Waals surface area contributed by atoms with Gasteiger partial charge in [-0.15, -0.1) is 0 Å². The van der Waals surface area contributed by atoms with Gasteiger partial charge in [-0.3, -0.25) is 4.79 Å². The third kappa shape index (κ3) is 5.31. The van der Waals surface area contributed by atoms with E-state index in [4.69, 9.17) is 19.8 Å². The molecule has 1 aromatic heterocycles. The average Bonchev–Trinajstić information content (AvgIpc) is 2.93. The lowest BCUT2D eigenvalue weighted by Crippen LogP contribution is -2.40. The van der Waals surface area contributed by atoms with Gasteiger partial charge in [0.1, 0.15) is 5.82 Å². The van der Waals surface area contributed by atoms with Gasteiger partial charge in [-0.25, -0.2) is 14.8 Å². The summed E-state index contributed by atoms with van der Waals surface area (Å²) in [7, 11) is 0. The first-order valence-corrected chi connectivity index (χ1v) is 12.2. The van der Waals surface area contributed by atoms with Crippen LogP contribution in [0.2, 0.25) is 0 Å². The Labute approximate surface area is 209 Å². The molecule has 1 fully saturated rings. The summed E-state index contributed by atoms with van der Waals surface area (Å²) in [4.78, 5) is 37.9. The zero-order valence-electron chi connectivity index (χ0n) is 20.0. The van der Waals surface area contributed by atoms with Gasteiger partial charge in [0.25, 0.3) is 5.91 Å². The number of hydrogen-bond donors (Lipinski definition) is 2. The molecule has 0 radical (unpaired) electrons. The number of aromatic nitrogens is 2. The van der Waals surface area contributed by atoms with Crippen molar-refractivity contribution in [2.24, 2.45) is 0 Å². The lowest BCUT2D eigenvalue weighted by molar-refractivity contribution is 0.0731. The van der Waals surface area contributed by atoms with E-state index in [9.17, 15) is 9.59 Å². The Morgan fingerprint density at radius 3 is 2.44 bits per heavy atom. The maximum atomic E-state index is 13.1. The maximum Gasteiger partial charge on any atom is 0.404 e. The SMILES string of the molecule is O=C(O)NCCc1ccc(-c2nc3c(c(N4CCOCC4)n2)CCN(C(=O)c2ccccc2)C3)cc1. The fraction of sp³-hybridized carbons (Fsp3) is 0.333. The molecule has 36 heavy (non-hydrogen) atoms. The molecule has 2 amide bonds. The second kappa shape index (κ2) is 10.7. The second-order valence-corrected chi connectivity index (χ2v) is 8.92. The van der Waals surface area contributed by atoms with Crippen molar-refractivity contribution in [1.82, 2.24) is 20.2 Å². The van der Waals surface area contributed by atoms with Crippen molar-refractivity contribution in [3.8, 4) is 11.4 Å². The van der Waals surface area contributed by atoms with Crippen LogP contribution >= 0.6 is 0 Å². The van der Waals surface area contributed by atoms with Gasteiger partial charge in [-0.2, -0.15) is 0 Å². The number of fused-ring (bicyclic) bond motifs is 1. The molecule has 3 aromatic rings. The summed E-state index contributed by atoms with van der Waals surface area (Å²) in [5, 5.41) is 11.2. The van der Waals surface area contributed by atoms with Crippen molar-refractivity contribution in [3.63, 3.8) is 0 Å². The number of benzene rings is 2. The zero-order valence-corrected chi connectivity index (χ0v) is 20.0. The molecule has 0 bridgehead atoms. The minimum atomic E-state index is -1.02. The highest BCUT2D eigenvalue weighted by molar-refractivity contribution is 5.94. The molecule has 2 aliphatic rings. The van der Waals surface area contributed by atoms with Crippen LogP contribution in [0.4, 0.5) is 10.6 Å². The van der Waals surface area contributed by atoms with Gasteiger partial charge in [-0.1, -0.05) is 42.5 Å². The smallest absolute Gasteiger partial charge is 0.404 e. The van der Waals surface area contributed by atoms with E-state index in [1.165, 1.54) is 0 Å². The number of amides is 2. The molecular formula is C27H29N5O4. The Bertz CT molecular complexity index is 1230. The number of hydrogen-bond acceptors (Lipinski definition) is 6. The first-order valence-electron chi connectivity index (χ1n) is 12.2. The zero-order chi connectivity index (χ0) is 24.9. The predicted molar refractivity (Wildman–Crippen MR) is 135 cm³/mol. The van der Waals surface area contributed by atoms with Gasteiger partial charge in [-0.05, 0) is 30.5 Å². The van der Waals surface area contributed by atoms with Crippen molar-refractivity contribution in [2.45, 2.75) is 19.4 Å². The van der Waals surface area contributed by atoms with Gasteiger partial charge in [0.05, 0.1) is 25.5 Å². The Hall–Kier alpha value is -3.98. The van der Waals surface area contributed by atoms with Crippen LogP contribution in [0.3, 0.4) is 0 Å². The van der Waals surface area contributed by atoms with Crippen molar-refractivity contribution < 1.29 is 19.4 Å². The Kier molecular flexibility index (Phi) is 7.08. The van der Waals surface area contributed by atoms with Crippen molar-refractivity contribution in [3.05, 3.63) is 77.0 Å². The van der Waals surface area contributed by atoms with Gasteiger partial charge in [0.2, 0.25) is 0 Å². The van der Waals surface area contributed by atoms with E-state index >= 15 is 0 Å². The number of anilines is 1. The molecule has 0 aliphatic carbocycles. The summed E-state index contributed by atoms with van der Waals surface area (Å²) in [6.45, 7) is 4.28. The van der Waals surface area contributed by atoms with Crippen LogP contribution in [0.15, 0.2) is 54.6 Å². The Morgan fingerprint density at radius 1 is 0.972 bits per heavy atom. The highest BCUT2D eigenvalue weighted by Gasteiger charge is 2.28. The standard InChI is InChI=1S/C27H29N5O4/c33-26(21-4-2-1-3-5-21)32-13-11-22-23(18-32)29-24(30-25(22)31-14-16-36-17-15-31)20-8-6-19(7-9-20)10-12-28-27(34)35/h1-9,28H,10-18H2,(H,34,35). The van der Waals surface area contributed by atoms with Crippen LogP contribution in [0.1, 0.15) is 27.2 Å².